The molecule has 0 aromatic carbocycles. The molecule has 1 aliphatic rings. The van der Waals surface area contributed by atoms with Crippen molar-refractivity contribution < 1.29 is 14.3 Å². The highest BCUT2D eigenvalue weighted by Crippen LogP contribution is 2.35. The lowest BCUT2D eigenvalue weighted by molar-refractivity contribution is -0.136. The number of nitrogens with zero attached hydrogens (tertiary/aromatic N) is 4. The molecule has 0 radical (unpaired) electrons. The van der Waals surface area contributed by atoms with Crippen molar-refractivity contribution in [3.05, 3.63) is 73.0 Å². The Labute approximate surface area is 186 Å². The molecule has 0 saturated heterocycles. The van der Waals surface area contributed by atoms with Gasteiger partial charge in [0.05, 0.1) is 16.6 Å². The van der Waals surface area contributed by atoms with Crippen LogP contribution in [0.5, 0.6) is 0 Å². The summed E-state index contributed by atoms with van der Waals surface area (Å²) in [6, 6.07) is 10.2. The van der Waals surface area contributed by atoms with Crippen LogP contribution in [0.1, 0.15) is 46.0 Å². The summed E-state index contributed by atoms with van der Waals surface area (Å²) in [6.45, 7) is 1.84. The predicted molar refractivity (Wildman–Crippen MR) is 118 cm³/mol. The zero-order chi connectivity index (χ0) is 21.8. The average molecular weight is 457 g/mol. The number of aryl methyl sites for hydroxylation is 1. The van der Waals surface area contributed by atoms with E-state index in [1.54, 1.807) is 22.7 Å². The molecule has 10 heteroatoms. The SMILES string of the molecule is CCCn1nc(C(=O)OCC(=O)N2N=C(c3cccs3)CC2c2cccs2)ccc1=O. The lowest BCUT2D eigenvalue weighted by Crippen LogP contribution is -2.31. The van der Waals surface area contributed by atoms with Crippen LogP contribution >= 0.6 is 22.7 Å². The highest BCUT2D eigenvalue weighted by molar-refractivity contribution is 7.12. The highest BCUT2D eigenvalue weighted by atomic mass is 32.1. The summed E-state index contributed by atoms with van der Waals surface area (Å²) in [7, 11) is 0. The molecule has 0 fully saturated rings. The van der Waals surface area contributed by atoms with E-state index < -0.39 is 18.5 Å². The van der Waals surface area contributed by atoms with Gasteiger partial charge in [-0.05, 0) is 35.4 Å². The highest BCUT2D eigenvalue weighted by Gasteiger charge is 2.34. The van der Waals surface area contributed by atoms with Crippen LogP contribution in [-0.2, 0) is 16.1 Å². The second kappa shape index (κ2) is 9.36. The first-order chi connectivity index (χ1) is 15.1. The first kappa shape index (κ1) is 21.1. The number of amides is 1. The number of carbonyl (C=O) groups excluding carboxylic acids is 2. The molecule has 8 nitrogen and oxygen atoms in total. The first-order valence-corrected chi connectivity index (χ1v) is 11.5. The summed E-state index contributed by atoms with van der Waals surface area (Å²) < 4.78 is 6.41. The topological polar surface area (TPSA) is 93.9 Å². The number of hydrogen-bond acceptors (Lipinski definition) is 8. The number of aromatic nitrogens is 2. The van der Waals surface area contributed by atoms with Crippen molar-refractivity contribution in [2.45, 2.75) is 32.4 Å². The number of hydrazone groups is 1. The molecular weight excluding hydrogens is 436 g/mol. The van der Waals surface area contributed by atoms with E-state index >= 15 is 0 Å². The molecule has 1 amide bonds. The quantitative estimate of drug-likeness (QED) is 0.509. The zero-order valence-electron chi connectivity index (χ0n) is 16.8. The average Bonchev–Trinajstić information content (AvgIpc) is 3.54. The Morgan fingerprint density at radius 1 is 1.16 bits per heavy atom. The monoisotopic (exact) mass is 456 g/mol. The second-order valence-electron chi connectivity index (χ2n) is 6.85. The fourth-order valence-corrected chi connectivity index (χ4v) is 4.76. The van der Waals surface area contributed by atoms with E-state index in [-0.39, 0.29) is 17.3 Å². The number of carbonyl (C=O) groups is 2. The lowest BCUT2D eigenvalue weighted by atomic mass is 10.1. The second-order valence-corrected chi connectivity index (χ2v) is 8.78. The number of hydrogen-bond donors (Lipinski definition) is 0. The number of esters is 1. The van der Waals surface area contributed by atoms with Crippen LogP contribution in [0.4, 0.5) is 0 Å². The van der Waals surface area contributed by atoms with E-state index in [0.29, 0.717) is 19.4 Å². The molecule has 31 heavy (non-hydrogen) atoms. The minimum absolute atomic E-state index is 0.0140. The molecule has 3 aromatic heterocycles. The molecule has 3 aromatic rings. The van der Waals surface area contributed by atoms with Gasteiger partial charge < -0.3 is 4.74 Å². The van der Waals surface area contributed by atoms with Crippen molar-refractivity contribution >= 4 is 40.3 Å². The van der Waals surface area contributed by atoms with Crippen LogP contribution in [0, 0.1) is 0 Å². The maximum atomic E-state index is 12.9. The Kier molecular flexibility index (Phi) is 6.38. The summed E-state index contributed by atoms with van der Waals surface area (Å²) in [6.07, 6.45) is 1.30. The van der Waals surface area contributed by atoms with Crippen molar-refractivity contribution in [1.29, 1.82) is 0 Å². The zero-order valence-corrected chi connectivity index (χ0v) is 18.4. The minimum Gasteiger partial charge on any atom is -0.451 e. The van der Waals surface area contributed by atoms with Crippen molar-refractivity contribution in [3.8, 4) is 0 Å². The van der Waals surface area contributed by atoms with E-state index in [0.717, 1.165) is 15.5 Å². The molecule has 160 valence electrons. The predicted octanol–water partition coefficient (Wildman–Crippen LogP) is 3.31. The van der Waals surface area contributed by atoms with Crippen LogP contribution in [0.15, 0.2) is 57.1 Å². The Bertz CT molecular complexity index is 1150. The van der Waals surface area contributed by atoms with Gasteiger partial charge in [-0.15, -0.1) is 22.7 Å². The molecule has 0 aliphatic carbocycles. The summed E-state index contributed by atoms with van der Waals surface area (Å²) in [5.74, 6) is -1.17. The normalized spacial score (nSPS) is 15.7. The van der Waals surface area contributed by atoms with Gasteiger partial charge >= 0.3 is 5.97 Å². The molecule has 0 saturated carbocycles. The van der Waals surface area contributed by atoms with Gasteiger partial charge in [-0.3, -0.25) is 9.59 Å². The molecule has 0 spiro atoms. The van der Waals surface area contributed by atoms with E-state index in [1.165, 1.54) is 21.8 Å². The van der Waals surface area contributed by atoms with Crippen molar-refractivity contribution in [3.63, 3.8) is 0 Å². The fourth-order valence-electron chi connectivity index (χ4n) is 3.23. The van der Waals surface area contributed by atoms with Crippen LogP contribution in [0.25, 0.3) is 0 Å². The fraction of sp³-hybridized carbons (Fsp3) is 0.286. The van der Waals surface area contributed by atoms with Crippen LogP contribution in [-0.4, -0.2) is 39.0 Å². The van der Waals surface area contributed by atoms with Crippen LogP contribution < -0.4 is 5.56 Å². The van der Waals surface area contributed by atoms with Crippen LogP contribution in [0.3, 0.4) is 0 Å². The van der Waals surface area contributed by atoms with Crippen molar-refractivity contribution in [2.24, 2.45) is 5.10 Å². The maximum Gasteiger partial charge on any atom is 0.359 e. The first-order valence-electron chi connectivity index (χ1n) is 9.79. The Morgan fingerprint density at radius 3 is 2.68 bits per heavy atom. The maximum absolute atomic E-state index is 12.9. The lowest BCUT2D eigenvalue weighted by Gasteiger charge is -2.20. The third-order valence-electron chi connectivity index (χ3n) is 4.68. The molecule has 0 bridgehead atoms. The Hall–Kier alpha value is -3.11. The third-order valence-corrected chi connectivity index (χ3v) is 6.57. The molecule has 4 rings (SSSR count). The molecule has 1 atom stereocenters. The van der Waals surface area contributed by atoms with Gasteiger partial charge in [0.15, 0.2) is 12.3 Å². The summed E-state index contributed by atoms with van der Waals surface area (Å²) in [5.41, 5.74) is 0.530. The third kappa shape index (κ3) is 4.64. The number of thiophene rings is 2. The summed E-state index contributed by atoms with van der Waals surface area (Å²) >= 11 is 3.12. The van der Waals surface area contributed by atoms with Gasteiger partial charge in [-0.1, -0.05) is 19.1 Å². The van der Waals surface area contributed by atoms with E-state index in [1.807, 2.05) is 41.9 Å². The van der Waals surface area contributed by atoms with E-state index in [4.69, 9.17) is 4.74 Å². The molecule has 1 aliphatic heterocycles. The molecule has 1 unspecified atom stereocenters. The van der Waals surface area contributed by atoms with Gasteiger partial charge in [0.2, 0.25) is 0 Å². The Balaban J connectivity index is 1.48. The summed E-state index contributed by atoms with van der Waals surface area (Å²) in [5, 5.41) is 13.9. The number of ether oxygens (including phenoxy) is 1. The molecule has 0 N–H and O–H groups in total. The van der Waals surface area contributed by atoms with Gasteiger partial charge in [-0.2, -0.15) is 10.2 Å². The smallest absolute Gasteiger partial charge is 0.359 e. The number of rotatable bonds is 7. The van der Waals surface area contributed by atoms with Crippen LogP contribution in [0.2, 0.25) is 0 Å². The minimum atomic E-state index is -0.757. The van der Waals surface area contributed by atoms with Crippen molar-refractivity contribution in [2.75, 3.05) is 6.61 Å². The molecular formula is C21H20N4O4S2. The summed E-state index contributed by atoms with van der Waals surface area (Å²) in [4.78, 5) is 39.1. The standard InChI is InChI=1S/C21H20N4O4S2/c1-2-9-24-19(26)8-7-14(22-24)21(28)29-13-20(27)25-16(18-6-4-11-31-18)12-15(23-25)17-5-3-10-30-17/h3-8,10-11,16H,2,9,12-13H2,1H3. The van der Waals surface area contributed by atoms with E-state index in [2.05, 4.69) is 10.2 Å². The van der Waals surface area contributed by atoms with Gasteiger partial charge in [0.1, 0.15) is 0 Å². The van der Waals surface area contributed by atoms with Crippen molar-refractivity contribution in [1.82, 2.24) is 14.8 Å². The Morgan fingerprint density at radius 2 is 1.97 bits per heavy atom. The van der Waals surface area contributed by atoms with Gasteiger partial charge in [0, 0.05) is 23.9 Å². The van der Waals surface area contributed by atoms with Gasteiger partial charge in [-0.25, -0.2) is 14.5 Å². The molecule has 4 heterocycles. The largest absolute Gasteiger partial charge is 0.451 e. The van der Waals surface area contributed by atoms with E-state index in [9.17, 15) is 14.4 Å². The van der Waals surface area contributed by atoms with Gasteiger partial charge in [0.25, 0.3) is 11.5 Å².